The van der Waals surface area contributed by atoms with Gasteiger partial charge in [0.2, 0.25) is 0 Å². The first-order valence-corrected chi connectivity index (χ1v) is 7.13. The molecule has 18 heavy (non-hydrogen) atoms. The Morgan fingerprint density at radius 2 is 1.67 bits per heavy atom. The summed E-state index contributed by atoms with van der Waals surface area (Å²) in [4.78, 5) is 0. The van der Waals surface area contributed by atoms with Crippen molar-refractivity contribution in [2.75, 3.05) is 6.54 Å². The lowest BCUT2D eigenvalue weighted by molar-refractivity contribution is -0.677. The van der Waals surface area contributed by atoms with Crippen molar-refractivity contribution >= 4 is 22.6 Å². The molecule has 2 rings (SSSR count). The van der Waals surface area contributed by atoms with Gasteiger partial charge in [-0.15, -0.1) is 0 Å². The minimum Gasteiger partial charge on any atom is -0.382 e. The van der Waals surface area contributed by atoms with Crippen LogP contribution in [0.25, 0.3) is 0 Å². The largest absolute Gasteiger partial charge is 0.382 e. The maximum atomic E-state index is 10.0. The van der Waals surface area contributed by atoms with Crippen LogP contribution >= 0.6 is 22.6 Å². The van der Waals surface area contributed by atoms with E-state index in [4.69, 9.17) is 0 Å². The third-order valence-electron chi connectivity index (χ3n) is 2.90. The Bertz CT molecular complexity index is 487. The number of hydrogen-bond acceptors (Lipinski definition) is 1. The molecule has 0 aliphatic heterocycles. The van der Waals surface area contributed by atoms with Crippen molar-refractivity contribution in [3.8, 4) is 0 Å². The van der Waals surface area contributed by atoms with Crippen molar-refractivity contribution in [3.05, 3.63) is 69.3 Å². The van der Waals surface area contributed by atoms with Crippen LogP contribution in [0.4, 0.5) is 0 Å². The molecule has 0 aromatic heterocycles. The van der Waals surface area contributed by atoms with Gasteiger partial charge in [0, 0.05) is 9.13 Å². The molecule has 0 unspecified atom stereocenters. The summed E-state index contributed by atoms with van der Waals surface area (Å²) in [5, 5.41) is 12.2. The predicted octanol–water partition coefficient (Wildman–Crippen LogP) is 2.09. The summed E-state index contributed by atoms with van der Waals surface area (Å²) in [7, 11) is 0. The zero-order valence-corrected chi connectivity index (χ0v) is 12.2. The lowest BCUT2D eigenvalue weighted by Crippen LogP contribution is -2.83. The van der Waals surface area contributed by atoms with Crippen LogP contribution in [-0.4, -0.2) is 11.7 Å². The Morgan fingerprint density at radius 3 is 2.39 bits per heavy atom. The first-order valence-electron chi connectivity index (χ1n) is 6.05. The third kappa shape index (κ3) is 3.80. The monoisotopic (exact) mass is 354 g/mol. The van der Waals surface area contributed by atoms with Crippen LogP contribution in [0.2, 0.25) is 0 Å². The van der Waals surface area contributed by atoms with E-state index in [1.165, 1.54) is 9.13 Å². The summed E-state index contributed by atoms with van der Waals surface area (Å²) in [5.74, 6) is 0. The first-order chi connectivity index (χ1) is 8.77. The van der Waals surface area contributed by atoms with Crippen LogP contribution in [0, 0.1) is 3.57 Å². The lowest BCUT2D eigenvalue weighted by atomic mass is 10.1. The highest BCUT2D eigenvalue weighted by Crippen LogP contribution is 2.11. The SMILES string of the molecule is O[C@H](C[NH2+]Cc1ccccc1I)c1ccccc1. The molecule has 3 N–H and O–H groups in total. The molecule has 0 aliphatic rings. The Hall–Kier alpha value is -0.910. The summed E-state index contributed by atoms with van der Waals surface area (Å²) in [6.45, 7) is 1.60. The van der Waals surface area contributed by atoms with E-state index in [0.717, 1.165) is 12.1 Å². The van der Waals surface area contributed by atoms with Crippen LogP contribution in [0.15, 0.2) is 54.6 Å². The second kappa shape index (κ2) is 6.87. The van der Waals surface area contributed by atoms with Gasteiger partial charge < -0.3 is 10.4 Å². The number of quaternary nitrogens is 1. The molecule has 2 nitrogen and oxygen atoms in total. The summed E-state index contributed by atoms with van der Waals surface area (Å²) in [6.07, 6.45) is -0.396. The Kier molecular flexibility index (Phi) is 5.16. The molecule has 0 saturated heterocycles. The van der Waals surface area contributed by atoms with Crippen molar-refractivity contribution < 1.29 is 10.4 Å². The van der Waals surface area contributed by atoms with E-state index >= 15 is 0 Å². The molecule has 0 radical (unpaired) electrons. The zero-order chi connectivity index (χ0) is 12.8. The van der Waals surface area contributed by atoms with Crippen LogP contribution in [-0.2, 0) is 6.54 Å². The molecule has 0 saturated carbocycles. The van der Waals surface area contributed by atoms with E-state index in [9.17, 15) is 5.11 Å². The molecule has 2 aromatic carbocycles. The number of benzene rings is 2. The number of nitrogens with two attached hydrogens (primary N) is 1. The summed E-state index contributed by atoms with van der Waals surface area (Å²) in [6, 6.07) is 18.1. The maximum absolute atomic E-state index is 10.0. The van der Waals surface area contributed by atoms with Crippen molar-refractivity contribution in [2.45, 2.75) is 12.6 Å². The molecule has 0 heterocycles. The van der Waals surface area contributed by atoms with Crippen LogP contribution in [0.3, 0.4) is 0 Å². The molecule has 0 amide bonds. The molecule has 94 valence electrons. The average molecular weight is 354 g/mol. The van der Waals surface area contributed by atoms with Gasteiger partial charge in [-0.3, -0.25) is 0 Å². The fourth-order valence-electron chi connectivity index (χ4n) is 1.87. The number of rotatable bonds is 5. The van der Waals surface area contributed by atoms with E-state index in [-0.39, 0.29) is 0 Å². The lowest BCUT2D eigenvalue weighted by Gasteiger charge is -2.10. The fourth-order valence-corrected chi connectivity index (χ4v) is 2.48. The van der Waals surface area contributed by atoms with Gasteiger partial charge in [-0.2, -0.15) is 0 Å². The van der Waals surface area contributed by atoms with E-state index in [1.54, 1.807) is 0 Å². The van der Waals surface area contributed by atoms with E-state index in [0.29, 0.717) is 6.54 Å². The normalized spacial score (nSPS) is 12.3. The number of hydrogen-bond donors (Lipinski definition) is 2. The van der Waals surface area contributed by atoms with Crippen molar-refractivity contribution in [3.63, 3.8) is 0 Å². The van der Waals surface area contributed by atoms with Gasteiger partial charge >= 0.3 is 0 Å². The van der Waals surface area contributed by atoms with Crippen LogP contribution in [0.5, 0.6) is 0 Å². The fraction of sp³-hybridized carbons (Fsp3) is 0.200. The second-order valence-corrected chi connectivity index (χ2v) is 5.41. The Labute approximate surface area is 121 Å². The quantitative estimate of drug-likeness (QED) is 0.793. The molecule has 1 atom stereocenters. The molecule has 3 heteroatoms. The maximum Gasteiger partial charge on any atom is 0.128 e. The summed E-state index contributed by atoms with van der Waals surface area (Å²) < 4.78 is 1.28. The second-order valence-electron chi connectivity index (χ2n) is 4.25. The van der Waals surface area contributed by atoms with Gasteiger partial charge in [0.15, 0.2) is 0 Å². The summed E-state index contributed by atoms with van der Waals surface area (Å²) >= 11 is 2.35. The highest BCUT2D eigenvalue weighted by Gasteiger charge is 2.09. The van der Waals surface area contributed by atoms with E-state index in [1.807, 2.05) is 36.4 Å². The van der Waals surface area contributed by atoms with Gasteiger partial charge in [0.05, 0.1) is 0 Å². The topological polar surface area (TPSA) is 36.8 Å². The first kappa shape index (κ1) is 13.5. The minimum absolute atomic E-state index is 0.396. The van der Waals surface area contributed by atoms with Crippen molar-refractivity contribution in [2.24, 2.45) is 0 Å². The van der Waals surface area contributed by atoms with Gasteiger partial charge in [-0.1, -0.05) is 48.5 Å². The van der Waals surface area contributed by atoms with E-state index < -0.39 is 6.10 Å². The Morgan fingerprint density at radius 1 is 1.00 bits per heavy atom. The van der Waals surface area contributed by atoms with Gasteiger partial charge in [-0.25, -0.2) is 0 Å². The average Bonchev–Trinajstić information content (AvgIpc) is 2.42. The number of aliphatic hydroxyl groups is 1. The molecule has 0 aliphatic carbocycles. The smallest absolute Gasteiger partial charge is 0.128 e. The standard InChI is InChI=1S/C15H16INO/c16-14-9-5-4-8-13(14)10-17-11-15(18)12-6-2-1-3-7-12/h1-9,15,17-18H,10-11H2/p+1/t15-/m1/s1. The Balaban J connectivity index is 1.84. The molecule has 0 bridgehead atoms. The minimum atomic E-state index is -0.396. The van der Waals surface area contributed by atoms with Crippen molar-refractivity contribution in [1.82, 2.24) is 0 Å². The number of aliphatic hydroxyl groups excluding tert-OH is 1. The molecule has 2 aromatic rings. The van der Waals surface area contributed by atoms with Crippen molar-refractivity contribution in [1.29, 1.82) is 0 Å². The third-order valence-corrected chi connectivity index (χ3v) is 3.95. The van der Waals surface area contributed by atoms with Gasteiger partial charge in [0.25, 0.3) is 0 Å². The predicted molar refractivity (Wildman–Crippen MR) is 81.1 cm³/mol. The molecule has 0 spiro atoms. The van der Waals surface area contributed by atoms with Crippen LogP contribution < -0.4 is 5.32 Å². The van der Waals surface area contributed by atoms with Gasteiger partial charge in [-0.05, 0) is 34.2 Å². The van der Waals surface area contributed by atoms with Crippen LogP contribution in [0.1, 0.15) is 17.2 Å². The molecular formula is C15H17INO+. The zero-order valence-electron chi connectivity index (χ0n) is 10.1. The highest BCUT2D eigenvalue weighted by molar-refractivity contribution is 14.1. The van der Waals surface area contributed by atoms with E-state index in [2.05, 4.69) is 46.1 Å². The van der Waals surface area contributed by atoms with Gasteiger partial charge in [0.1, 0.15) is 19.2 Å². The summed E-state index contributed by atoms with van der Waals surface area (Å²) in [5.41, 5.74) is 2.30. The molecule has 0 fully saturated rings. The molecular weight excluding hydrogens is 337 g/mol. The number of halogens is 1. The highest BCUT2D eigenvalue weighted by atomic mass is 127.